The van der Waals surface area contributed by atoms with Crippen LogP contribution < -0.4 is 10.9 Å². The molecule has 1 atom stereocenters. The van der Waals surface area contributed by atoms with E-state index in [1.54, 1.807) is 22.8 Å². The molecule has 0 spiro atoms. The Morgan fingerprint density at radius 3 is 2.82 bits per heavy atom. The number of benzene rings is 1. The number of amides is 1. The fraction of sp³-hybridized carbons (Fsp3) is 0.500. The number of hydrogen-bond donors (Lipinski definition) is 1. The topological polar surface area (TPSA) is 98.1 Å². The molecule has 1 amide bonds. The average Bonchev–Trinajstić information content (AvgIpc) is 2.94. The van der Waals surface area contributed by atoms with Crippen molar-refractivity contribution in [1.29, 1.82) is 0 Å². The molecule has 1 aliphatic rings. The first-order valence-electron chi connectivity index (χ1n) is 8.97. The highest BCUT2D eigenvalue weighted by Crippen LogP contribution is 2.21. The van der Waals surface area contributed by atoms with E-state index < -0.39 is 9.84 Å². The van der Waals surface area contributed by atoms with E-state index in [9.17, 15) is 18.0 Å². The molecule has 1 aliphatic heterocycles. The SMILES string of the molecule is CC(C)Cn1c(SCC(=O)NC2CCS(=O)(=O)C2)nc2ccc(Cl)cc2c1=O. The molecule has 7 nitrogen and oxygen atoms in total. The Labute approximate surface area is 172 Å². The molecule has 2 aromatic rings. The van der Waals surface area contributed by atoms with E-state index in [4.69, 9.17) is 11.6 Å². The van der Waals surface area contributed by atoms with Gasteiger partial charge >= 0.3 is 0 Å². The van der Waals surface area contributed by atoms with Crippen LogP contribution in [0.2, 0.25) is 5.02 Å². The number of nitrogens with zero attached hydrogens (tertiary/aromatic N) is 2. The van der Waals surface area contributed by atoms with E-state index >= 15 is 0 Å². The number of sulfone groups is 1. The summed E-state index contributed by atoms with van der Waals surface area (Å²) in [5, 5.41) is 4.12. The summed E-state index contributed by atoms with van der Waals surface area (Å²) < 4.78 is 24.6. The maximum absolute atomic E-state index is 12.9. The Morgan fingerprint density at radius 2 is 2.18 bits per heavy atom. The van der Waals surface area contributed by atoms with E-state index in [-0.39, 0.29) is 40.7 Å². The molecule has 3 rings (SSSR count). The van der Waals surface area contributed by atoms with Crippen LogP contribution in [0.5, 0.6) is 0 Å². The Hall–Kier alpha value is -1.58. The molecule has 0 bridgehead atoms. The lowest BCUT2D eigenvalue weighted by Crippen LogP contribution is -2.37. The lowest BCUT2D eigenvalue weighted by molar-refractivity contribution is -0.119. The van der Waals surface area contributed by atoms with Crippen molar-refractivity contribution in [3.8, 4) is 0 Å². The number of thioether (sulfide) groups is 1. The van der Waals surface area contributed by atoms with Crippen LogP contribution in [0, 0.1) is 5.92 Å². The molecule has 1 unspecified atom stereocenters. The van der Waals surface area contributed by atoms with Gasteiger partial charge in [-0.3, -0.25) is 14.2 Å². The van der Waals surface area contributed by atoms with Crippen molar-refractivity contribution in [2.75, 3.05) is 17.3 Å². The van der Waals surface area contributed by atoms with Crippen LogP contribution in [0.1, 0.15) is 20.3 Å². The van der Waals surface area contributed by atoms with Crippen LogP contribution in [0.25, 0.3) is 10.9 Å². The van der Waals surface area contributed by atoms with Crippen molar-refractivity contribution in [2.45, 2.75) is 38.0 Å². The van der Waals surface area contributed by atoms with Gasteiger partial charge in [-0.1, -0.05) is 37.2 Å². The van der Waals surface area contributed by atoms with Gasteiger partial charge in [0.2, 0.25) is 5.91 Å². The Bertz CT molecular complexity index is 1070. The van der Waals surface area contributed by atoms with E-state index in [1.165, 1.54) is 11.8 Å². The summed E-state index contributed by atoms with van der Waals surface area (Å²) in [5.41, 5.74) is 0.338. The average molecular weight is 444 g/mol. The van der Waals surface area contributed by atoms with Crippen molar-refractivity contribution < 1.29 is 13.2 Å². The second-order valence-electron chi connectivity index (χ2n) is 7.32. The van der Waals surface area contributed by atoms with Crippen LogP contribution in [0.15, 0.2) is 28.2 Å². The van der Waals surface area contributed by atoms with Gasteiger partial charge < -0.3 is 5.32 Å². The minimum absolute atomic E-state index is 0.0174. The summed E-state index contributed by atoms with van der Waals surface area (Å²) in [6, 6.07) is 4.62. The zero-order valence-corrected chi connectivity index (χ0v) is 18.0. The molecule has 1 aromatic heterocycles. The highest BCUT2D eigenvalue weighted by Gasteiger charge is 2.29. The van der Waals surface area contributed by atoms with Gasteiger partial charge in [-0.05, 0) is 30.5 Å². The van der Waals surface area contributed by atoms with E-state index in [0.717, 1.165) is 0 Å². The first kappa shape index (κ1) is 21.1. The number of nitrogens with one attached hydrogen (secondary N) is 1. The minimum atomic E-state index is -3.05. The third-order valence-electron chi connectivity index (χ3n) is 4.36. The largest absolute Gasteiger partial charge is 0.352 e. The molecule has 1 N–H and O–H groups in total. The number of aromatic nitrogens is 2. The van der Waals surface area contributed by atoms with Gasteiger partial charge in [-0.25, -0.2) is 13.4 Å². The third kappa shape index (κ3) is 5.07. The van der Waals surface area contributed by atoms with Gasteiger partial charge in [0.1, 0.15) is 0 Å². The summed E-state index contributed by atoms with van der Waals surface area (Å²) in [5.74, 6) is 0.0893. The predicted molar refractivity (Wildman–Crippen MR) is 112 cm³/mol. The first-order valence-corrected chi connectivity index (χ1v) is 12.2. The monoisotopic (exact) mass is 443 g/mol. The quantitative estimate of drug-likeness (QED) is 0.542. The number of halogens is 1. The Balaban J connectivity index is 1.80. The number of carbonyl (C=O) groups excluding carboxylic acids is 1. The highest BCUT2D eigenvalue weighted by molar-refractivity contribution is 7.99. The van der Waals surface area contributed by atoms with Gasteiger partial charge in [-0.2, -0.15) is 0 Å². The zero-order valence-electron chi connectivity index (χ0n) is 15.6. The number of carbonyl (C=O) groups is 1. The van der Waals surface area contributed by atoms with E-state index in [2.05, 4.69) is 10.3 Å². The second kappa shape index (κ2) is 8.42. The lowest BCUT2D eigenvalue weighted by Gasteiger charge is -2.15. The Morgan fingerprint density at radius 1 is 1.43 bits per heavy atom. The molecule has 10 heteroatoms. The van der Waals surface area contributed by atoms with Gasteiger partial charge in [0.25, 0.3) is 5.56 Å². The fourth-order valence-corrected chi connectivity index (χ4v) is 5.78. The summed E-state index contributed by atoms with van der Waals surface area (Å²) >= 11 is 7.19. The molecule has 2 heterocycles. The van der Waals surface area contributed by atoms with Gasteiger partial charge in [0.05, 0.1) is 28.2 Å². The van der Waals surface area contributed by atoms with Crippen molar-refractivity contribution in [2.24, 2.45) is 5.92 Å². The molecule has 0 saturated carbocycles. The molecule has 0 aliphatic carbocycles. The first-order chi connectivity index (χ1) is 13.1. The second-order valence-corrected chi connectivity index (χ2v) is 10.9. The summed E-state index contributed by atoms with van der Waals surface area (Å²) in [4.78, 5) is 29.7. The minimum Gasteiger partial charge on any atom is -0.352 e. The van der Waals surface area contributed by atoms with Crippen LogP contribution in [-0.2, 0) is 21.2 Å². The van der Waals surface area contributed by atoms with Crippen LogP contribution >= 0.6 is 23.4 Å². The summed E-state index contributed by atoms with van der Waals surface area (Å²) in [7, 11) is -3.05. The van der Waals surface area contributed by atoms with Gasteiger partial charge in [0.15, 0.2) is 15.0 Å². The molecular weight excluding hydrogens is 422 g/mol. The highest BCUT2D eigenvalue weighted by atomic mass is 35.5. The van der Waals surface area contributed by atoms with Crippen molar-refractivity contribution in [1.82, 2.24) is 14.9 Å². The molecule has 28 heavy (non-hydrogen) atoms. The van der Waals surface area contributed by atoms with Gasteiger partial charge in [0, 0.05) is 17.6 Å². The molecule has 1 aromatic carbocycles. The van der Waals surface area contributed by atoms with Crippen molar-refractivity contribution in [3.63, 3.8) is 0 Å². The molecular formula is C18H22ClN3O4S2. The normalized spacial score (nSPS) is 18.6. The standard InChI is InChI=1S/C18H22ClN3O4S2/c1-11(2)8-22-17(24)14-7-12(19)3-4-15(14)21-18(22)27-9-16(23)20-13-5-6-28(25,26)10-13/h3-4,7,11,13H,5-6,8-10H2,1-2H3,(H,20,23). The molecule has 0 radical (unpaired) electrons. The van der Waals surface area contributed by atoms with Crippen LogP contribution in [0.4, 0.5) is 0 Å². The van der Waals surface area contributed by atoms with Crippen molar-refractivity contribution >= 4 is 50.0 Å². The Kier molecular flexibility index (Phi) is 6.36. The lowest BCUT2D eigenvalue weighted by atomic mass is 10.2. The number of rotatable bonds is 6. The number of fused-ring (bicyclic) bond motifs is 1. The summed E-state index contributed by atoms with van der Waals surface area (Å²) in [6.45, 7) is 4.46. The maximum Gasteiger partial charge on any atom is 0.262 e. The van der Waals surface area contributed by atoms with E-state index in [0.29, 0.717) is 34.0 Å². The number of hydrogen-bond acceptors (Lipinski definition) is 6. The van der Waals surface area contributed by atoms with Crippen LogP contribution in [-0.4, -0.2) is 47.2 Å². The smallest absolute Gasteiger partial charge is 0.262 e. The zero-order chi connectivity index (χ0) is 20.5. The van der Waals surface area contributed by atoms with Gasteiger partial charge in [-0.15, -0.1) is 0 Å². The molecule has 152 valence electrons. The third-order valence-corrected chi connectivity index (χ3v) is 7.34. The fourth-order valence-electron chi connectivity index (χ4n) is 3.12. The molecule has 1 fully saturated rings. The van der Waals surface area contributed by atoms with E-state index in [1.807, 2.05) is 13.8 Å². The van der Waals surface area contributed by atoms with Crippen LogP contribution in [0.3, 0.4) is 0 Å². The summed E-state index contributed by atoms with van der Waals surface area (Å²) in [6.07, 6.45) is 0.436. The maximum atomic E-state index is 12.9. The van der Waals surface area contributed by atoms with Crippen molar-refractivity contribution in [3.05, 3.63) is 33.6 Å². The molecule has 1 saturated heterocycles. The predicted octanol–water partition coefficient (Wildman–Crippen LogP) is 2.10.